The van der Waals surface area contributed by atoms with E-state index in [4.69, 9.17) is 5.11 Å². The molecule has 0 aliphatic carbocycles. The minimum Gasteiger partial charge on any atom is -0.476 e. The first-order valence-electron chi connectivity index (χ1n) is 4.57. The number of rotatable bonds is 2. The fourth-order valence-electron chi connectivity index (χ4n) is 1.48. The molecule has 0 radical (unpaired) electrons. The number of hydrogen-bond donors (Lipinski definition) is 1. The molecule has 17 heavy (non-hydrogen) atoms. The van der Waals surface area contributed by atoms with E-state index >= 15 is 0 Å². The maximum absolute atomic E-state index is 11.5. The molecule has 1 aliphatic rings. The van der Waals surface area contributed by atoms with Gasteiger partial charge in [-0.1, -0.05) is 0 Å². The molecule has 0 unspecified atom stereocenters. The first-order chi connectivity index (χ1) is 7.99. The second-order valence-electron chi connectivity index (χ2n) is 3.37. The van der Waals surface area contributed by atoms with Crippen molar-refractivity contribution < 1.29 is 19.5 Å². The van der Waals surface area contributed by atoms with Crippen molar-refractivity contribution in [2.45, 2.75) is 6.42 Å². The number of Topliss-reactive ketones (excluding diaryl/α,β-unsaturated/α-hetero) is 1. The minimum absolute atomic E-state index is 0.100. The summed E-state index contributed by atoms with van der Waals surface area (Å²) in [5, 5.41) is 8.96. The molecule has 0 bridgehead atoms. The summed E-state index contributed by atoms with van der Waals surface area (Å²) >= 11 is 2.99. The number of hydrogen-bond acceptors (Lipinski definition) is 5. The second kappa shape index (κ2) is 4.21. The number of carbonyl (C=O) groups excluding carboxylic acids is 2. The van der Waals surface area contributed by atoms with Crippen LogP contribution in [0.25, 0.3) is 0 Å². The van der Waals surface area contributed by atoms with Gasteiger partial charge in [-0.25, -0.2) is 14.8 Å². The molecule has 1 aromatic rings. The van der Waals surface area contributed by atoms with Crippen molar-refractivity contribution in [1.29, 1.82) is 0 Å². The van der Waals surface area contributed by atoms with Crippen LogP contribution in [0.15, 0.2) is 10.8 Å². The second-order valence-corrected chi connectivity index (χ2v) is 4.18. The van der Waals surface area contributed by atoms with Crippen LogP contribution >= 0.6 is 15.9 Å². The summed E-state index contributed by atoms with van der Waals surface area (Å²) in [5.41, 5.74) is -0.359. The van der Waals surface area contributed by atoms with E-state index < -0.39 is 11.9 Å². The number of amides is 1. The maximum Gasteiger partial charge on any atom is 0.358 e. The summed E-state index contributed by atoms with van der Waals surface area (Å²) in [6.07, 6.45) is 1.05. The molecule has 7 nitrogen and oxygen atoms in total. The highest BCUT2D eigenvalue weighted by Gasteiger charge is 2.33. The van der Waals surface area contributed by atoms with Gasteiger partial charge in [0.15, 0.2) is 17.3 Å². The maximum atomic E-state index is 11.5. The number of anilines is 1. The Labute approximate surface area is 104 Å². The first kappa shape index (κ1) is 11.6. The lowest BCUT2D eigenvalue weighted by atomic mass is 10.3. The third kappa shape index (κ3) is 2.16. The Morgan fingerprint density at radius 2 is 2.18 bits per heavy atom. The topological polar surface area (TPSA) is 100 Å². The smallest absolute Gasteiger partial charge is 0.358 e. The van der Waals surface area contributed by atoms with Crippen LogP contribution in [0.3, 0.4) is 0 Å². The molecule has 2 rings (SSSR count). The Morgan fingerprint density at radius 1 is 1.47 bits per heavy atom. The van der Waals surface area contributed by atoms with Crippen LogP contribution in [-0.4, -0.2) is 39.3 Å². The van der Waals surface area contributed by atoms with Crippen molar-refractivity contribution in [2.24, 2.45) is 0 Å². The summed E-state index contributed by atoms with van der Waals surface area (Å²) in [7, 11) is 0. The number of carboxylic acids is 1. The van der Waals surface area contributed by atoms with Crippen molar-refractivity contribution in [3.8, 4) is 0 Å². The van der Waals surface area contributed by atoms with Crippen LogP contribution < -0.4 is 4.90 Å². The zero-order valence-electron chi connectivity index (χ0n) is 8.38. The molecule has 1 N–H and O–H groups in total. The van der Waals surface area contributed by atoms with E-state index in [-0.39, 0.29) is 34.9 Å². The van der Waals surface area contributed by atoms with E-state index in [9.17, 15) is 14.4 Å². The Kier molecular flexibility index (Phi) is 2.88. The molecule has 0 atom stereocenters. The van der Waals surface area contributed by atoms with Gasteiger partial charge >= 0.3 is 5.97 Å². The van der Waals surface area contributed by atoms with Gasteiger partial charge < -0.3 is 5.11 Å². The number of halogens is 1. The normalized spacial score (nSPS) is 15.5. The monoisotopic (exact) mass is 299 g/mol. The fraction of sp³-hybridized carbons (Fsp3) is 0.222. The lowest BCUT2D eigenvalue weighted by Gasteiger charge is -2.14. The molecule has 0 aromatic carbocycles. The fourth-order valence-corrected chi connectivity index (χ4v) is 1.76. The summed E-state index contributed by atoms with van der Waals surface area (Å²) in [4.78, 5) is 42.2. The number of carbonyl (C=O) groups is 3. The summed E-state index contributed by atoms with van der Waals surface area (Å²) in [6.45, 7) is -0.157. The lowest BCUT2D eigenvalue weighted by molar-refractivity contribution is -0.121. The summed E-state index contributed by atoms with van der Waals surface area (Å²) < 4.78 is 0.247. The predicted octanol–water partition coefficient (Wildman–Crippen LogP) is 0.243. The molecule has 1 fully saturated rings. The van der Waals surface area contributed by atoms with E-state index in [0.717, 1.165) is 4.90 Å². The minimum atomic E-state index is -1.30. The van der Waals surface area contributed by atoms with Gasteiger partial charge in [-0.05, 0) is 15.9 Å². The Balaban J connectivity index is 2.48. The van der Waals surface area contributed by atoms with E-state index in [1.54, 1.807) is 0 Å². The van der Waals surface area contributed by atoms with Crippen LogP contribution in [0.5, 0.6) is 0 Å². The largest absolute Gasteiger partial charge is 0.476 e. The van der Waals surface area contributed by atoms with Gasteiger partial charge in [0.05, 0.1) is 19.2 Å². The van der Waals surface area contributed by atoms with Gasteiger partial charge in [-0.15, -0.1) is 0 Å². The molecule has 1 saturated heterocycles. The van der Waals surface area contributed by atoms with Crippen molar-refractivity contribution in [2.75, 3.05) is 11.4 Å². The SMILES string of the molecule is O=C1CC(=O)N(c2ncc(Br)nc2C(=O)O)C1. The standard InChI is InChI=1S/C9H6BrN3O4/c10-5-2-11-8(7(12-5)9(16)17)13-3-4(14)1-6(13)15/h2H,1,3H2,(H,16,17). The average Bonchev–Trinajstić information content (AvgIpc) is 2.57. The van der Waals surface area contributed by atoms with Crippen LogP contribution in [0, 0.1) is 0 Å². The highest BCUT2D eigenvalue weighted by atomic mass is 79.9. The van der Waals surface area contributed by atoms with Gasteiger partial charge in [0.2, 0.25) is 5.91 Å². The molecule has 1 amide bonds. The summed E-state index contributed by atoms with van der Waals surface area (Å²) in [6, 6.07) is 0. The van der Waals surface area contributed by atoms with E-state index in [2.05, 4.69) is 25.9 Å². The number of aromatic nitrogens is 2. The molecule has 1 aliphatic heterocycles. The number of aromatic carboxylic acids is 1. The van der Waals surface area contributed by atoms with Crippen molar-refractivity contribution in [3.63, 3.8) is 0 Å². The van der Waals surface area contributed by atoms with Crippen LogP contribution in [-0.2, 0) is 9.59 Å². The van der Waals surface area contributed by atoms with Gasteiger partial charge in [0.25, 0.3) is 0 Å². The van der Waals surface area contributed by atoms with Gasteiger partial charge in [-0.3, -0.25) is 14.5 Å². The number of ketones is 1. The predicted molar refractivity (Wildman–Crippen MR) is 58.7 cm³/mol. The lowest BCUT2D eigenvalue weighted by Crippen LogP contribution is -2.28. The Morgan fingerprint density at radius 3 is 2.71 bits per heavy atom. The van der Waals surface area contributed by atoms with Crippen LogP contribution in [0.1, 0.15) is 16.9 Å². The zero-order valence-corrected chi connectivity index (χ0v) is 9.97. The Hall–Kier alpha value is -1.83. The molecule has 0 spiro atoms. The van der Waals surface area contributed by atoms with E-state index in [0.29, 0.717) is 0 Å². The van der Waals surface area contributed by atoms with E-state index in [1.165, 1.54) is 6.20 Å². The van der Waals surface area contributed by atoms with Gasteiger partial charge in [-0.2, -0.15) is 0 Å². The highest BCUT2D eigenvalue weighted by molar-refractivity contribution is 9.10. The highest BCUT2D eigenvalue weighted by Crippen LogP contribution is 2.22. The average molecular weight is 300 g/mol. The molecule has 88 valence electrons. The van der Waals surface area contributed by atoms with E-state index in [1.807, 2.05) is 0 Å². The molecule has 8 heteroatoms. The molecular formula is C9H6BrN3O4. The third-order valence-corrected chi connectivity index (χ3v) is 2.55. The van der Waals surface area contributed by atoms with Crippen LogP contribution in [0.2, 0.25) is 0 Å². The molecule has 1 aromatic heterocycles. The molecule has 2 heterocycles. The number of nitrogens with zero attached hydrogens (tertiary/aromatic N) is 3. The van der Waals surface area contributed by atoms with Crippen molar-refractivity contribution in [1.82, 2.24) is 9.97 Å². The summed E-state index contributed by atoms with van der Waals surface area (Å²) in [5.74, 6) is -2.14. The molecule has 0 saturated carbocycles. The number of carboxylic acid groups (broad SMARTS) is 1. The van der Waals surface area contributed by atoms with Gasteiger partial charge in [0, 0.05) is 0 Å². The molecular weight excluding hydrogens is 294 g/mol. The quantitative estimate of drug-likeness (QED) is 0.785. The zero-order chi connectivity index (χ0) is 12.6. The first-order valence-corrected chi connectivity index (χ1v) is 5.36. The van der Waals surface area contributed by atoms with Crippen molar-refractivity contribution >= 4 is 39.4 Å². The third-order valence-electron chi connectivity index (χ3n) is 2.17. The Bertz CT molecular complexity index is 531. The van der Waals surface area contributed by atoms with Crippen LogP contribution in [0.4, 0.5) is 5.82 Å². The van der Waals surface area contributed by atoms with Gasteiger partial charge in [0.1, 0.15) is 4.60 Å². The van der Waals surface area contributed by atoms with Crippen molar-refractivity contribution in [3.05, 3.63) is 16.5 Å².